The van der Waals surface area contributed by atoms with E-state index in [-0.39, 0.29) is 0 Å². The van der Waals surface area contributed by atoms with Crippen LogP contribution in [0.1, 0.15) is 52.9 Å². The van der Waals surface area contributed by atoms with Crippen molar-refractivity contribution in [3.63, 3.8) is 0 Å². The Kier molecular flexibility index (Phi) is 8.08. The molecule has 0 saturated carbocycles. The van der Waals surface area contributed by atoms with Crippen molar-refractivity contribution >= 4 is 11.9 Å². The number of carbonyl (C=O) groups excluding carboxylic acids is 1. The Morgan fingerprint density at radius 1 is 1.06 bits per heavy atom. The van der Waals surface area contributed by atoms with Crippen LogP contribution in [0.5, 0.6) is 0 Å². The van der Waals surface area contributed by atoms with Gasteiger partial charge in [-0.1, -0.05) is 40.0 Å². The molecule has 4 heteroatoms. The Bertz CT molecular complexity index is 287. The minimum absolute atomic E-state index is 0.359. The van der Waals surface area contributed by atoms with E-state index in [4.69, 9.17) is 9.84 Å². The molecule has 0 heterocycles. The second-order valence-electron chi connectivity index (χ2n) is 5.56. The predicted molar refractivity (Wildman–Crippen MR) is 70.3 cm³/mol. The van der Waals surface area contributed by atoms with Crippen LogP contribution in [0, 0.1) is 5.41 Å². The lowest BCUT2D eigenvalue weighted by molar-refractivity contribution is -0.138. The standard InChI is InChI=1S/C14H24O4/c1-14(2,3)10-6-4-5-7-11-18-13(17)9-8-12(15)16/h8-9H,4-7,10-11H2,1-3H3,(H,15,16)/b9-8-. The van der Waals surface area contributed by atoms with Crippen molar-refractivity contribution < 1.29 is 19.4 Å². The molecule has 0 atom stereocenters. The van der Waals surface area contributed by atoms with Gasteiger partial charge in [-0.2, -0.15) is 0 Å². The molecule has 4 nitrogen and oxygen atoms in total. The molecule has 0 rings (SSSR count). The van der Waals surface area contributed by atoms with Crippen molar-refractivity contribution in [1.82, 2.24) is 0 Å². The maximum absolute atomic E-state index is 11.0. The molecule has 0 aromatic heterocycles. The third-order valence-corrected chi connectivity index (χ3v) is 2.43. The number of unbranched alkanes of at least 4 members (excludes halogenated alkanes) is 3. The molecule has 0 aliphatic heterocycles. The fourth-order valence-corrected chi connectivity index (χ4v) is 1.47. The van der Waals surface area contributed by atoms with E-state index in [1.807, 2.05) is 0 Å². The zero-order valence-corrected chi connectivity index (χ0v) is 11.6. The maximum Gasteiger partial charge on any atom is 0.331 e. The maximum atomic E-state index is 11.0. The average molecular weight is 256 g/mol. The predicted octanol–water partition coefficient (Wildman–Crippen LogP) is 3.17. The number of carboxylic acid groups (broad SMARTS) is 1. The van der Waals surface area contributed by atoms with Crippen LogP contribution in [-0.4, -0.2) is 23.7 Å². The lowest BCUT2D eigenvalue weighted by Crippen LogP contribution is -2.05. The quantitative estimate of drug-likeness (QED) is 0.411. The lowest BCUT2D eigenvalue weighted by atomic mass is 9.89. The van der Waals surface area contributed by atoms with Crippen molar-refractivity contribution in [3.8, 4) is 0 Å². The van der Waals surface area contributed by atoms with Crippen LogP contribution in [0.3, 0.4) is 0 Å². The Morgan fingerprint density at radius 3 is 2.22 bits per heavy atom. The van der Waals surface area contributed by atoms with Crippen LogP contribution in [0.25, 0.3) is 0 Å². The number of aliphatic carboxylic acids is 1. The van der Waals surface area contributed by atoms with Gasteiger partial charge in [0.1, 0.15) is 0 Å². The molecule has 0 amide bonds. The van der Waals surface area contributed by atoms with E-state index in [1.54, 1.807) is 0 Å². The number of hydrogen-bond acceptors (Lipinski definition) is 3. The van der Waals surface area contributed by atoms with Gasteiger partial charge in [-0.25, -0.2) is 9.59 Å². The van der Waals surface area contributed by atoms with Crippen LogP contribution in [0.2, 0.25) is 0 Å². The van der Waals surface area contributed by atoms with E-state index in [0.717, 1.165) is 31.4 Å². The van der Waals surface area contributed by atoms with Crippen LogP contribution < -0.4 is 0 Å². The topological polar surface area (TPSA) is 63.6 Å². The molecule has 0 radical (unpaired) electrons. The minimum Gasteiger partial charge on any atom is -0.478 e. The first kappa shape index (κ1) is 16.7. The second-order valence-corrected chi connectivity index (χ2v) is 5.56. The molecule has 0 unspecified atom stereocenters. The molecular formula is C14H24O4. The van der Waals surface area contributed by atoms with Gasteiger partial charge in [-0.3, -0.25) is 0 Å². The highest BCUT2D eigenvalue weighted by Gasteiger charge is 2.08. The summed E-state index contributed by atoms with van der Waals surface area (Å²) in [4.78, 5) is 21.1. The summed E-state index contributed by atoms with van der Waals surface area (Å²) in [5, 5.41) is 8.30. The fourth-order valence-electron chi connectivity index (χ4n) is 1.47. The molecule has 0 aliphatic carbocycles. The van der Waals surface area contributed by atoms with Gasteiger partial charge >= 0.3 is 11.9 Å². The molecule has 0 bridgehead atoms. The largest absolute Gasteiger partial charge is 0.478 e. The molecule has 1 N–H and O–H groups in total. The number of rotatable bonds is 8. The molecule has 18 heavy (non-hydrogen) atoms. The van der Waals surface area contributed by atoms with Gasteiger partial charge in [0.2, 0.25) is 0 Å². The molecule has 104 valence electrons. The highest BCUT2D eigenvalue weighted by molar-refractivity contribution is 5.90. The number of hydrogen-bond donors (Lipinski definition) is 1. The first-order valence-corrected chi connectivity index (χ1v) is 6.39. The van der Waals surface area contributed by atoms with E-state index < -0.39 is 11.9 Å². The minimum atomic E-state index is -1.14. The van der Waals surface area contributed by atoms with Gasteiger partial charge in [0.05, 0.1) is 6.61 Å². The SMILES string of the molecule is CC(C)(C)CCCCCCOC(=O)/C=C\C(=O)O. The van der Waals surface area contributed by atoms with Gasteiger partial charge in [0.25, 0.3) is 0 Å². The molecule has 0 aliphatic rings. The van der Waals surface area contributed by atoms with Crippen molar-refractivity contribution in [3.05, 3.63) is 12.2 Å². The summed E-state index contributed by atoms with van der Waals surface area (Å²) >= 11 is 0. The Labute approximate surface area is 109 Å². The van der Waals surface area contributed by atoms with E-state index in [9.17, 15) is 9.59 Å². The zero-order chi connectivity index (χ0) is 14.0. The third-order valence-electron chi connectivity index (χ3n) is 2.43. The van der Waals surface area contributed by atoms with Crippen LogP contribution >= 0.6 is 0 Å². The van der Waals surface area contributed by atoms with Crippen molar-refractivity contribution in [2.75, 3.05) is 6.61 Å². The number of ether oxygens (including phenoxy) is 1. The fraction of sp³-hybridized carbons (Fsp3) is 0.714. The molecule has 0 aromatic carbocycles. The smallest absolute Gasteiger partial charge is 0.331 e. The van der Waals surface area contributed by atoms with Crippen molar-refractivity contribution in [1.29, 1.82) is 0 Å². The Balaban J connectivity index is 3.41. The number of carbonyl (C=O) groups is 2. The van der Waals surface area contributed by atoms with E-state index >= 15 is 0 Å². The van der Waals surface area contributed by atoms with Gasteiger partial charge in [0.15, 0.2) is 0 Å². The normalized spacial score (nSPS) is 11.7. The van der Waals surface area contributed by atoms with Crippen LogP contribution in [0.15, 0.2) is 12.2 Å². The number of esters is 1. The summed E-state index contributed by atoms with van der Waals surface area (Å²) in [5.41, 5.74) is 0.383. The van der Waals surface area contributed by atoms with Gasteiger partial charge in [-0.05, 0) is 18.3 Å². The molecule has 0 saturated heterocycles. The first-order valence-electron chi connectivity index (χ1n) is 6.39. The van der Waals surface area contributed by atoms with Gasteiger partial charge in [0, 0.05) is 12.2 Å². The van der Waals surface area contributed by atoms with E-state index in [1.165, 1.54) is 12.8 Å². The monoisotopic (exact) mass is 256 g/mol. The van der Waals surface area contributed by atoms with Crippen molar-refractivity contribution in [2.24, 2.45) is 5.41 Å². The van der Waals surface area contributed by atoms with Gasteiger partial charge in [-0.15, -0.1) is 0 Å². The van der Waals surface area contributed by atoms with Crippen molar-refractivity contribution in [2.45, 2.75) is 52.9 Å². The summed E-state index contributed by atoms with van der Waals surface area (Å²) in [6.07, 6.45) is 7.11. The zero-order valence-electron chi connectivity index (χ0n) is 11.6. The Morgan fingerprint density at radius 2 is 1.67 bits per heavy atom. The lowest BCUT2D eigenvalue weighted by Gasteiger charge is -2.17. The summed E-state index contributed by atoms with van der Waals surface area (Å²) in [6, 6.07) is 0. The van der Waals surface area contributed by atoms with E-state index in [0.29, 0.717) is 12.0 Å². The second kappa shape index (κ2) is 8.72. The molecule has 0 spiro atoms. The first-order chi connectivity index (χ1) is 8.31. The molecular weight excluding hydrogens is 232 g/mol. The number of carboxylic acids is 1. The Hall–Kier alpha value is -1.32. The highest BCUT2D eigenvalue weighted by atomic mass is 16.5. The highest BCUT2D eigenvalue weighted by Crippen LogP contribution is 2.22. The van der Waals surface area contributed by atoms with Gasteiger partial charge < -0.3 is 9.84 Å². The summed E-state index contributed by atoms with van der Waals surface area (Å²) in [6.45, 7) is 7.04. The van der Waals surface area contributed by atoms with Crippen LogP contribution in [-0.2, 0) is 14.3 Å². The summed E-state index contributed by atoms with van der Waals surface area (Å²) in [5.74, 6) is -1.73. The average Bonchev–Trinajstić information content (AvgIpc) is 2.23. The van der Waals surface area contributed by atoms with Crippen LogP contribution in [0.4, 0.5) is 0 Å². The molecule has 0 fully saturated rings. The summed E-state index contributed by atoms with van der Waals surface area (Å²) < 4.78 is 4.85. The third kappa shape index (κ3) is 12.7. The molecule has 0 aromatic rings. The summed E-state index contributed by atoms with van der Waals surface area (Å²) in [7, 11) is 0. The van der Waals surface area contributed by atoms with E-state index in [2.05, 4.69) is 20.8 Å².